The van der Waals surface area contributed by atoms with Gasteiger partial charge >= 0.3 is 0 Å². The summed E-state index contributed by atoms with van der Waals surface area (Å²) in [6.07, 6.45) is 3.68. The largest absolute Gasteiger partial charge is 0.457 e. The zero-order valence-corrected chi connectivity index (χ0v) is 23.1. The van der Waals surface area contributed by atoms with Gasteiger partial charge in [-0.05, 0) is 97.8 Å². The molecule has 0 unspecified atom stereocenters. The van der Waals surface area contributed by atoms with Crippen LogP contribution in [-0.4, -0.2) is 9.97 Å². The van der Waals surface area contributed by atoms with Crippen molar-refractivity contribution in [2.75, 3.05) is 9.80 Å². The fourth-order valence-corrected chi connectivity index (χ4v) is 4.77. The van der Waals surface area contributed by atoms with Gasteiger partial charge in [-0.1, -0.05) is 48.5 Å². The van der Waals surface area contributed by atoms with Gasteiger partial charge in [0.05, 0.1) is 11.4 Å². The molecule has 0 aliphatic heterocycles. The number of aromatic nitrogens is 2. The minimum absolute atomic E-state index is 0.730. The van der Waals surface area contributed by atoms with E-state index in [2.05, 4.69) is 82.1 Å². The van der Waals surface area contributed by atoms with E-state index in [0.29, 0.717) is 0 Å². The lowest BCUT2D eigenvalue weighted by Crippen LogP contribution is -2.12. The quantitative estimate of drug-likeness (QED) is 0.194. The molecule has 4 aromatic carbocycles. The number of hydrogen-bond acceptors (Lipinski definition) is 5. The van der Waals surface area contributed by atoms with Gasteiger partial charge in [0.15, 0.2) is 0 Å². The van der Waals surface area contributed by atoms with Crippen LogP contribution in [0.25, 0.3) is 0 Å². The maximum Gasteiger partial charge on any atom is 0.137 e. The summed E-state index contributed by atoms with van der Waals surface area (Å²) >= 11 is 0. The molecule has 0 fully saturated rings. The molecule has 0 saturated carbocycles. The van der Waals surface area contributed by atoms with Gasteiger partial charge in [-0.15, -0.1) is 0 Å². The predicted molar refractivity (Wildman–Crippen MR) is 167 cm³/mol. The Balaban J connectivity index is 1.35. The van der Waals surface area contributed by atoms with Crippen molar-refractivity contribution in [3.05, 3.63) is 157 Å². The van der Waals surface area contributed by atoms with Crippen LogP contribution in [0.1, 0.15) is 11.1 Å². The van der Waals surface area contributed by atoms with Gasteiger partial charge in [-0.2, -0.15) is 0 Å². The molecule has 200 valence electrons. The van der Waals surface area contributed by atoms with Crippen molar-refractivity contribution in [3.8, 4) is 11.5 Å². The zero-order valence-electron chi connectivity index (χ0n) is 23.1. The number of rotatable bonds is 8. The van der Waals surface area contributed by atoms with Crippen molar-refractivity contribution in [1.29, 1.82) is 0 Å². The Kier molecular flexibility index (Phi) is 7.41. The lowest BCUT2D eigenvalue weighted by atomic mass is 10.2. The highest BCUT2D eigenvalue weighted by atomic mass is 16.5. The van der Waals surface area contributed by atoms with Gasteiger partial charge in [0.2, 0.25) is 0 Å². The van der Waals surface area contributed by atoms with Crippen LogP contribution in [0.4, 0.5) is 34.4 Å². The second-order valence-electron chi connectivity index (χ2n) is 9.82. The number of anilines is 6. The molecule has 0 aliphatic rings. The highest BCUT2D eigenvalue weighted by molar-refractivity contribution is 5.76. The van der Waals surface area contributed by atoms with Gasteiger partial charge in [0, 0.05) is 35.9 Å². The molecule has 41 heavy (non-hydrogen) atoms. The number of aryl methyl sites for hydroxylation is 2. The second kappa shape index (κ2) is 11.8. The number of ether oxygens (including phenoxy) is 1. The van der Waals surface area contributed by atoms with Crippen molar-refractivity contribution < 1.29 is 4.74 Å². The summed E-state index contributed by atoms with van der Waals surface area (Å²) in [5.41, 5.74) is 6.25. The number of benzene rings is 4. The fourth-order valence-electron chi connectivity index (χ4n) is 4.77. The van der Waals surface area contributed by atoms with Crippen LogP contribution in [0.15, 0.2) is 146 Å². The molecular formula is C36H30N4O. The Morgan fingerprint density at radius 2 is 0.854 bits per heavy atom. The van der Waals surface area contributed by atoms with Crippen molar-refractivity contribution >= 4 is 34.4 Å². The topological polar surface area (TPSA) is 41.5 Å². The van der Waals surface area contributed by atoms with Crippen molar-refractivity contribution in [1.82, 2.24) is 9.97 Å². The van der Waals surface area contributed by atoms with E-state index in [1.807, 2.05) is 97.3 Å². The minimum atomic E-state index is 0.730. The van der Waals surface area contributed by atoms with Gasteiger partial charge in [-0.3, -0.25) is 9.80 Å². The third-order valence-corrected chi connectivity index (χ3v) is 6.68. The van der Waals surface area contributed by atoms with E-state index in [1.165, 1.54) is 0 Å². The number of pyridine rings is 2. The molecule has 6 aromatic rings. The Morgan fingerprint density at radius 3 is 1.27 bits per heavy atom. The molecule has 5 heteroatoms. The number of para-hydroxylation sites is 2. The van der Waals surface area contributed by atoms with Crippen LogP contribution < -0.4 is 14.5 Å². The molecule has 0 atom stereocenters. The highest BCUT2D eigenvalue weighted by Crippen LogP contribution is 2.38. The molecule has 2 aromatic heterocycles. The third-order valence-electron chi connectivity index (χ3n) is 6.68. The number of nitrogens with zero attached hydrogens (tertiary/aromatic N) is 4. The van der Waals surface area contributed by atoms with E-state index < -0.39 is 0 Å². The minimum Gasteiger partial charge on any atom is -0.457 e. The molecule has 0 spiro atoms. The molecule has 0 radical (unpaired) electrons. The maximum atomic E-state index is 6.46. The van der Waals surface area contributed by atoms with E-state index in [9.17, 15) is 0 Å². The molecule has 0 N–H and O–H groups in total. The molecule has 0 amide bonds. The molecule has 6 rings (SSSR count). The first-order valence-corrected chi connectivity index (χ1v) is 13.6. The van der Waals surface area contributed by atoms with E-state index in [4.69, 9.17) is 4.74 Å². The van der Waals surface area contributed by atoms with Crippen LogP contribution in [0, 0.1) is 13.8 Å². The third kappa shape index (κ3) is 5.94. The summed E-state index contributed by atoms with van der Waals surface area (Å²) in [4.78, 5) is 13.6. The van der Waals surface area contributed by atoms with Crippen LogP contribution in [-0.2, 0) is 0 Å². The Labute approximate surface area is 241 Å². The summed E-state index contributed by atoms with van der Waals surface area (Å²) in [5, 5.41) is 0. The summed E-state index contributed by atoms with van der Waals surface area (Å²) < 4.78 is 6.46. The molecular weight excluding hydrogens is 504 g/mol. The van der Waals surface area contributed by atoms with Crippen LogP contribution >= 0.6 is 0 Å². The average Bonchev–Trinajstić information content (AvgIpc) is 2.99. The Bertz CT molecular complexity index is 1620. The standard InChI is InChI=1S/C36H30N4O/c1-27-19-21-37-35(23-27)39(29-11-5-3-6-12-29)31-15-9-17-33(25-31)41-34-18-10-16-32(26-34)40(30-13-7-4-8-14-30)36-24-28(2)20-22-38-36/h3-26H,1-2H3. The normalized spacial score (nSPS) is 10.7. The summed E-state index contributed by atoms with van der Waals surface area (Å²) in [6.45, 7) is 4.15. The van der Waals surface area contributed by atoms with Gasteiger partial charge < -0.3 is 4.74 Å². The smallest absolute Gasteiger partial charge is 0.137 e. The summed E-state index contributed by atoms with van der Waals surface area (Å²) in [6, 6.07) is 44.9. The van der Waals surface area contributed by atoms with E-state index in [0.717, 1.165) is 57.0 Å². The first kappa shape index (κ1) is 25.8. The number of hydrogen-bond donors (Lipinski definition) is 0. The summed E-state index contributed by atoms with van der Waals surface area (Å²) in [7, 11) is 0. The molecule has 0 saturated heterocycles. The van der Waals surface area contributed by atoms with Crippen molar-refractivity contribution in [2.45, 2.75) is 13.8 Å². The van der Waals surface area contributed by atoms with Crippen LogP contribution in [0.3, 0.4) is 0 Å². The predicted octanol–water partition coefficient (Wildman–Crippen LogP) is 9.83. The fraction of sp³-hybridized carbons (Fsp3) is 0.0556. The Hall–Kier alpha value is -5.42. The monoisotopic (exact) mass is 534 g/mol. The zero-order chi connectivity index (χ0) is 28.0. The lowest BCUT2D eigenvalue weighted by molar-refractivity contribution is 0.483. The van der Waals surface area contributed by atoms with Crippen LogP contribution in [0.2, 0.25) is 0 Å². The van der Waals surface area contributed by atoms with Gasteiger partial charge in [0.25, 0.3) is 0 Å². The molecule has 5 nitrogen and oxygen atoms in total. The van der Waals surface area contributed by atoms with E-state index >= 15 is 0 Å². The second-order valence-corrected chi connectivity index (χ2v) is 9.82. The maximum absolute atomic E-state index is 6.46. The molecule has 0 bridgehead atoms. The Morgan fingerprint density at radius 1 is 0.439 bits per heavy atom. The average molecular weight is 535 g/mol. The van der Waals surface area contributed by atoms with Crippen molar-refractivity contribution in [2.24, 2.45) is 0 Å². The lowest BCUT2D eigenvalue weighted by Gasteiger charge is -2.25. The highest BCUT2D eigenvalue weighted by Gasteiger charge is 2.16. The summed E-state index contributed by atoms with van der Waals surface area (Å²) in [5.74, 6) is 3.15. The van der Waals surface area contributed by atoms with Gasteiger partial charge in [-0.25, -0.2) is 9.97 Å². The molecule has 0 aliphatic carbocycles. The molecule has 2 heterocycles. The van der Waals surface area contributed by atoms with Crippen LogP contribution in [0.5, 0.6) is 11.5 Å². The first-order chi connectivity index (χ1) is 20.1. The first-order valence-electron chi connectivity index (χ1n) is 13.6. The van der Waals surface area contributed by atoms with Gasteiger partial charge in [0.1, 0.15) is 23.1 Å². The van der Waals surface area contributed by atoms with E-state index in [1.54, 1.807) is 0 Å². The SMILES string of the molecule is Cc1ccnc(N(c2ccccc2)c2cccc(Oc3cccc(N(c4ccccc4)c4cc(C)ccn4)c3)c2)c1. The van der Waals surface area contributed by atoms with Crippen molar-refractivity contribution in [3.63, 3.8) is 0 Å². The van der Waals surface area contributed by atoms with E-state index in [-0.39, 0.29) is 0 Å².